The van der Waals surface area contributed by atoms with Crippen LogP contribution in [0.4, 0.5) is 16.5 Å². The predicted octanol–water partition coefficient (Wildman–Crippen LogP) is 3.56. The molecule has 0 saturated heterocycles. The fourth-order valence-corrected chi connectivity index (χ4v) is 3.04. The van der Waals surface area contributed by atoms with Gasteiger partial charge in [-0.1, -0.05) is 18.2 Å². The Morgan fingerprint density at radius 2 is 1.95 bits per heavy atom. The largest absolute Gasteiger partial charge is 0.595 e. The van der Waals surface area contributed by atoms with E-state index in [0.717, 1.165) is 16.4 Å². The Hall–Kier alpha value is -1.52. The molecule has 112 valence electrons. The van der Waals surface area contributed by atoms with Gasteiger partial charge in [0, 0.05) is 32.3 Å². The van der Waals surface area contributed by atoms with Gasteiger partial charge in [-0.2, -0.15) is 5.23 Å². The summed E-state index contributed by atoms with van der Waals surface area (Å²) in [5.74, 6) is 0. The first kappa shape index (κ1) is 15.4. The molecule has 7 heteroatoms. The molecule has 5 nitrogen and oxygen atoms in total. The van der Waals surface area contributed by atoms with Crippen molar-refractivity contribution in [1.29, 1.82) is 0 Å². The Kier molecular flexibility index (Phi) is 4.69. The highest BCUT2D eigenvalue weighted by Crippen LogP contribution is 2.27. The van der Waals surface area contributed by atoms with Crippen LogP contribution in [0, 0.1) is 8.78 Å². The summed E-state index contributed by atoms with van der Waals surface area (Å²) in [7, 11) is 0. The van der Waals surface area contributed by atoms with Crippen molar-refractivity contribution in [3.8, 4) is 11.3 Å². The Balaban J connectivity index is 1.79. The van der Waals surface area contributed by atoms with Gasteiger partial charge in [-0.15, -0.1) is 11.3 Å². The van der Waals surface area contributed by atoms with Gasteiger partial charge in [-0.05, 0) is 40.8 Å². The standard InChI is InChI=1S/C15H12IN3O2S/c16-11-6-4-10(5-7-11)14-9-22-15(18-14)17-12-2-1-3-13(8-12)19(20)21/h1-9,19-20H,(H,17,18). The zero-order valence-electron chi connectivity index (χ0n) is 11.3. The Morgan fingerprint density at radius 1 is 1.18 bits per heavy atom. The number of anilines is 2. The minimum Gasteiger partial charge on any atom is -0.595 e. The zero-order chi connectivity index (χ0) is 15.5. The molecule has 2 aromatic carbocycles. The molecule has 0 fully saturated rings. The van der Waals surface area contributed by atoms with Crippen molar-refractivity contribution in [1.82, 2.24) is 4.98 Å². The molecule has 3 rings (SSSR count). The third-order valence-electron chi connectivity index (χ3n) is 3.00. The fourth-order valence-electron chi connectivity index (χ4n) is 1.94. The smallest absolute Gasteiger partial charge is 0.187 e. The zero-order valence-corrected chi connectivity index (χ0v) is 14.3. The van der Waals surface area contributed by atoms with E-state index in [-0.39, 0.29) is 5.69 Å². The molecule has 0 radical (unpaired) electrons. The number of aromatic nitrogens is 1. The molecule has 22 heavy (non-hydrogen) atoms. The first-order valence-electron chi connectivity index (χ1n) is 6.44. The maximum atomic E-state index is 11.0. The van der Waals surface area contributed by atoms with E-state index in [9.17, 15) is 5.21 Å². The van der Waals surface area contributed by atoms with Crippen LogP contribution in [-0.4, -0.2) is 10.2 Å². The summed E-state index contributed by atoms with van der Waals surface area (Å²) in [5, 5.41) is 24.9. The molecule has 1 aromatic heterocycles. The normalized spacial score (nSPS) is 12.1. The average Bonchev–Trinajstić information content (AvgIpc) is 2.96. The number of benzene rings is 2. The lowest BCUT2D eigenvalue weighted by molar-refractivity contribution is -0.991. The molecule has 0 saturated carbocycles. The first-order chi connectivity index (χ1) is 10.6. The average molecular weight is 425 g/mol. The van der Waals surface area contributed by atoms with E-state index in [1.807, 2.05) is 35.7 Å². The number of thiazole rings is 1. The van der Waals surface area contributed by atoms with E-state index >= 15 is 0 Å². The van der Waals surface area contributed by atoms with Crippen LogP contribution in [0.15, 0.2) is 53.9 Å². The number of hydrogen-bond donors (Lipinski definition) is 3. The fraction of sp³-hybridized carbons (Fsp3) is 0. The minimum absolute atomic E-state index is 0.249. The Morgan fingerprint density at radius 3 is 2.68 bits per heavy atom. The lowest BCUT2D eigenvalue weighted by atomic mass is 10.2. The first-order valence-corrected chi connectivity index (χ1v) is 8.39. The topological polar surface area (TPSA) is 72.7 Å². The summed E-state index contributed by atoms with van der Waals surface area (Å²) in [5.41, 5.74) is 2.92. The molecule has 1 heterocycles. The predicted molar refractivity (Wildman–Crippen MR) is 95.8 cm³/mol. The molecule has 1 atom stereocenters. The van der Waals surface area contributed by atoms with Crippen molar-refractivity contribution in [2.45, 2.75) is 0 Å². The highest BCUT2D eigenvalue weighted by atomic mass is 127. The van der Waals surface area contributed by atoms with Crippen molar-refractivity contribution in [3.63, 3.8) is 0 Å². The van der Waals surface area contributed by atoms with Crippen LogP contribution in [0.3, 0.4) is 0 Å². The number of rotatable bonds is 4. The minimum atomic E-state index is -0.942. The third-order valence-corrected chi connectivity index (χ3v) is 4.48. The molecule has 0 aliphatic heterocycles. The van der Waals surface area contributed by atoms with Crippen LogP contribution in [0.2, 0.25) is 0 Å². The maximum Gasteiger partial charge on any atom is 0.187 e. The lowest BCUT2D eigenvalue weighted by Gasteiger charge is -2.12. The molecule has 3 N–H and O–H groups in total. The lowest BCUT2D eigenvalue weighted by Crippen LogP contribution is -2.99. The van der Waals surface area contributed by atoms with Gasteiger partial charge in [0.2, 0.25) is 0 Å². The van der Waals surface area contributed by atoms with Gasteiger partial charge in [0.1, 0.15) is 0 Å². The van der Waals surface area contributed by atoms with Crippen molar-refractivity contribution in [2.75, 3.05) is 5.32 Å². The summed E-state index contributed by atoms with van der Waals surface area (Å²) in [4.78, 5) is 4.54. The van der Waals surface area contributed by atoms with Gasteiger partial charge >= 0.3 is 0 Å². The van der Waals surface area contributed by atoms with Gasteiger partial charge in [0.05, 0.1) is 5.69 Å². The Labute approximate surface area is 144 Å². The molecule has 0 aliphatic carbocycles. The van der Waals surface area contributed by atoms with Crippen LogP contribution in [0.5, 0.6) is 0 Å². The number of hydrogen-bond acceptors (Lipinski definition) is 5. The Bertz CT molecular complexity index is 774. The van der Waals surface area contributed by atoms with E-state index in [2.05, 4.69) is 32.9 Å². The van der Waals surface area contributed by atoms with E-state index in [0.29, 0.717) is 5.69 Å². The highest BCUT2D eigenvalue weighted by molar-refractivity contribution is 14.1. The third kappa shape index (κ3) is 3.62. The second-order valence-electron chi connectivity index (χ2n) is 4.56. The molecule has 0 aliphatic rings. The maximum absolute atomic E-state index is 11.0. The highest BCUT2D eigenvalue weighted by Gasteiger charge is 2.06. The summed E-state index contributed by atoms with van der Waals surface area (Å²) >= 11 is 3.75. The van der Waals surface area contributed by atoms with Crippen molar-refractivity contribution >= 4 is 50.4 Å². The quantitative estimate of drug-likeness (QED) is 0.442. The molecular formula is C15H12IN3O2S. The molecule has 1 unspecified atom stereocenters. The van der Waals surface area contributed by atoms with Crippen molar-refractivity contribution in [3.05, 3.63) is 62.7 Å². The van der Waals surface area contributed by atoms with Crippen LogP contribution < -0.4 is 10.5 Å². The van der Waals surface area contributed by atoms with E-state index < -0.39 is 5.23 Å². The molecule has 3 aromatic rings. The van der Waals surface area contributed by atoms with Gasteiger partial charge in [-0.3, -0.25) is 0 Å². The van der Waals surface area contributed by atoms with Crippen LogP contribution in [-0.2, 0) is 0 Å². The number of nitrogens with one attached hydrogen (secondary N) is 2. The van der Waals surface area contributed by atoms with Crippen molar-refractivity contribution < 1.29 is 10.4 Å². The van der Waals surface area contributed by atoms with Crippen molar-refractivity contribution in [2.24, 2.45) is 0 Å². The van der Waals surface area contributed by atoms with E-state index in [4.69, 9.17) is 5.21 Å². The van der Waals surface area contributed by atoms with Crippen LogP contribution in [0.25, 0.3) is 11.3 Å². The molecule has 0 bridgehead atoms. The summed E-state index contributed by atoms with van der Waals surface area (Å²) in [6, 6.07) is 14.8. The summed E-state index contributed by atoms with van der Waals surface area (Å²) < 4.78 is 1.18. The second-order valence-corrected chi connectivity index (χ2v) is 6.66. The van der Waals surface area contributed by atoms with E-state index in [1.54, 1.807) is 18.2 Å². The summed E-state index contributed by atoms with van der Waals surface area (Å²) in [6.07, 6.45) is 0. The monoisotopic (exact) mass is 425 g/mol. The SMILES string of the molecule is [O-][NH+](O)c1cccc(Nc2nc(-c3ccc(I)cc3)cs2)c1. The van der Waals surface area contributed by atoms with Gasteiger partial charge in [-0.25, -0.2) is 10.2 Å². The van der Waals surface area contributed by atoms with E-state index in [1.165, 1.54) is 14.9 Å². The van der Waals surface area contributed by atoms with Gasteiger partial charge in [0.15, 0.2) is 10.8 Å². The number of nitrogens with zero attached hydrogens (tertiary/aromatic N) is 1. The molecular weight excluding hydrogens is 413 g/mol. The number of halogens is 1. The van der Waals surface area contributed by atoms with Gasteiger partial charge < -0.3 is 10.5 Å². The molecule has 0 amide bonds. The van der Waals surface area contributed by atoms with Gasteiger partial charge in [0.25, 0.3) is 0 Å². The molecule has 0 spiro atoms. The second kappa shape index (κ2) is 6.71. The summed E-state index contributed by atoms with van der Waals surface area (Å²) in [6.45, 7) is 0. The van der Waals surface area contributed by atoms with Crippen LogP contribution >= 0.6 is 33.9 Å². The number of quaternary nitrogens is 1. The van der Waals surface area contributed by atoms with Crippen LogP contribution in [0.1, 0.15) is 0 Å².